The minimum atomic E-state index is -4.65. The van der Waals surface area contributed by atoms with Crippen molar-refractivity contribution in [2.24, 2.45) is 0 Å². The van der Waals surface area contributed by atoms with Crippen molar-refractivity contribution < 1.29 is 34.9 Å². The predicted molar refractivity (Wildman–Crippen MR) is 138 cm³/mol. The van der Waals surface area contributed by atoms with Crippen LogP contribution in [0.25, 0.3) is 21.5 Å². The molecule has 0 aliphatic rings. The van der Waals surface area contributed by atoms with Gasteiger partial charge >= 0.3 is 20.2 Å². The molecule has 206 valence electrons. The van der Waals surface area contributed by atoms with Gasteiger partial charge in [-0.25, -0.2) is 0 Å². The van der Waals surface area contributed by atoms with Crippen LogP contribution in [0.2, 0.25) is 0 Å². The van der Waals surface area contributed by atoms with E-state index < -0.39 is 64.0 Å². The molecule has 0 saturated heterocycles. The molecule has 3 aromatic carbocycles. The fourth-order valence-electron chi connectivity index (χ4n) is 3.83. The Morgan fingerprint density at radius 3 is 1.02 bits per heavy atom. The Bertz CT molecular complexity index is 1990. The van der Waals surface area contributed by atoms with Crippen LogP contribution in [-0.2, 0) is 20.2 Å². The maximum atomic E-state index is 12.9. The van der Waals surface area contributed by atoms with Crippen molar-refractivity contribution >= 4 is 41.8 Å². The highest BCUT2D eigenvalue weighted by Crippen LogP contribution is 2.19. The van der Waals surface area contributed by atoms with Crippen molar-refractivity contribution in [1.82, 2.24) is 9.46 Å². The maximum Gasteiger partial charge on any atom is 0.357 e. The fourth-order valence-corrected chi connectivity index (χ4v) is 5.61. The van der Waals surface area contributed by atoms with E-state index in [9.17, 15) is 36.0 Å². The third kappa shape index (κ3) is 4.28. The third-order valence-corrected chi connectivity index (χ3v) is 8.25. The molecule has 5 rings (SSSR count). The van der Waals surface area contributed by atoms with Gasteiger partial charge in [0.05, 0.1) is 35.8 Å². The van der Waals surface area contributed by atoms with E-state index >= 15 is 0 Å². The molecule has 2 heterocycles. The molecule has 0 saturated carbocycles. The van der Waals surface area contributed by atoms with Crippen molar-refractivity contribution in [3.05, 3.63) is 102 Å². The normalized spacial score (nSPS) is 12.1. The number of nitrogens with zero attached hydrogens (tertiary/aromatic N) is 2. The number of fused-ring (bicyclic) bond motifs is 2. The molecule has 0 aliphatic carbocycles. The molecule has 14 nitrogen and oxygen atoms in total. The van der Waals surface area contributed by atoms with E-state index in [1.807, 2.05) is 0 Å². The lowest BCUT2D eigenvalue weighted by Crippen LogP contribution is -2.36. The van der Waals surface area contributed by atoms with E-state index in [-0.39, 0.29) is 19.3 Å². The average Bonchev–Trinajstić information content (AvgIpc) is 3.31. The summed E-state index contributed by atoms with van der Waals surface area (Å²) in [5.41, 5.74) is -4.92. The van der Waals surface area contributed by atoms with Crippen molar-refractivity contribution in [3.8, 4) is 11.5 Å². The van der Waals surface area contributed by atoms with Gasteiger partial charge in [-0.15, -0.1) is 0 Å². The van der Waals surface area contributed by atoms with E-state index in [0.29, 0.717) is 11.5 Å². The van der Waals surface area contributed by atoms with Gasteiger partial charge in [0, 0.05) is 0 Å². The Labute approximate surface area is 223 Å². The minimum Gasteiger partial charge on any atom is -0.497 e. The second-order valence-corrected chi connectivity index (χ2v) is 11.2. The van der Waals surface area contributed by atoms with Crippen LogP contribution in [0.4, 0.5) is 0 Å². The summed E-state index contributed by atoms with van der Waals surface area (Å²) in [6, 6.07) is 11.5. The van der Waals surface area contributed by atoms with E-state index in [1.54, 1.807) is 0 Å². The fraction of sp³-hybridized carbons (Fsp3) is 0.0833. The van der Waals surface area contributed by atoms with Crippen LogP contribution < -0.4 is 40.3 Å². The summed E-state index contributed by atoms with van der Waals surface area (Å²) in [4.78, 5) is 50.8. The Morgan fingerprint density at radius 1 is 0.500 bits per heavy atom. The highest BCUT2D eigenvalue weighted by atomic mass is 32.2. The molecular weight excluding hydrogens is 572 g/mol. The number of rotatable bonds is 8. The van der Waals surface area contributed by atoms with Gasteiger partial charge in [0.15, 0.2) is 0 Å². The summed E-state index contributed by atoms with van der Waals surface area (Å²) in [5.74, 6) is 0.691. The second kappa shape index (κ2) is 9.35. The van der Waals surface area contributed by atoms with Gasteiger partial charge in [-0.3, -0.25) is 27.7 Å². The molecule has 0 aliphatic heterocycles. The lowest BCUT2D eigenvalue weighted by Gasteiger charge is -2.06. The Hall–Kier alpha value is -4.96. The van der Waals surface area contributed by atoms with Gasteiger partial charge in [0.2, 0.25) is 0 Å². The first kappa shape index (κ1) is 26.6. The van der Waals surface area contributed by atoms with Gasteiger partial charge in [0.1, 0.15) is 21.3 Å². The van der Waals surface area contributed by atoms with Crippen molar-refractivity contribution in [3.63, 3.8) is 0 Å². The largest absolute Gasteiger partial charge is 0.497 e. The van der Waals surface area contributed by atoms with Crippen LogP contribution in [0.5, 0.6) is 11.5 Å². The molecule has 0 fully saturated rings. The third-order valence-electron chi connectivity index (χ3n) is 5.86. The van der Waals surface area contributed by atoms with Crippen LogP contribution in [0, 0.1) is 0 Å². The number of benzene rings is 3. The lowest BCUT2D eigenvalue weighted by atomic mass is 10.1. The summed E-state index contributed by atoms with van der Waals surface area (Å²) in [5, 5.41) is -1.80. The van der Waals surface area contributed by atoms with Crippen molar-refractivity contribution in [2.45, 2.75) is 9.79 Å². The molecule has 16 heteroatoms. The molecule has 40 heavy (non-hydrogen) atoms. The molecule has 0 unspecified atom stereocenters. The smallest absolute Gasteiger partial charge is 0.357 e. The molecule has 5 aromatic rings. The zero-order valence-corrected chi connectivity index (χ0v) is 22.0. The number of methoxy groups -OCH3 is 2. The number of hydrogen-bond acceptors (Lipinski definition) is 12. The Kier molecular flexibility index (Phi) is 6.23. The number of aromatic nitrogens is 2. The molecule has 0 radical (unpaired) electrons. The van der Waals surface area contributed by atoms with E-state index in [0.717, 1.165) is 36.4 Å². The first-order valence-electron chi connectivity index (χ1n) is 11.0. The van der Waals surface area contributed by atoms with Gasteiger partial charge in [-0.2, -0.15) is 16.8 Å². The average molecular weight is 589 g/mol. The summed E-state index contributed by atoms with van der Waals surface area (Å²) < 4.78 is 70.1. The van der Waals surface area contributed by atoms with Gasteiger partial charge in [-0.1, -0.05) is 9.46 Å². The molecule has 0 amide bonds. The van der Waals surface area contributed by atoms with E-state index in [2.05, 4.69) is 0 Å². The maximum absolute atomic E-state index is 12.9. The van der Waals surface area contributed by atoms with Gasteiger partial charge in [-0.05, 0) is 60.7 Å². The minimum absolute atomic E-state index is 0.0171. The van der Waals surface area contributed by atoms with Crippen LogP contribution in [0.1, 0.15) is 0 Å². The topological polar surface area (TPSA) is 183 Å². The standard InChI is InChI=1S/C24H16N2O12S2/c1-35-13-3-7-15(8-4-13)39(31,32)37-25-21(27)17-11-19-20(12-18(17)22(25)28)24(30)26(23(19)29)38-40(33,34)16-9-5-14(36-2)6-10-16/h3-12H,1-2H3. The second-order valence-electron chi connectivity index (χ2n) is 8.16. The van der Waals surface area contributed by atoms with E-state index in [4.69, 9.17) is 18.0 Å². The molecule has 0 atom stereocenters. The SMILES string of the molecule is COc1ccc(S(=O)(=O)On2c(=O)c3cc4c(=O)n(OS(=O)(=O)c5ccc(OC)cc5)c(=O)c4cc3c2=O)cc1. The molecular formula is C24H16N2O12S2. The summed E-state index contributed by atoms with van der Waals surface area (Å²) >= 11 is 0. The molecule has 0 N–H and O–H groups in total. The van der Waals surface area contributed by atoms with Crippen LogP contribution >= 0.6 is 0 Å². The first-order valence-corrected chi connectivity index (χ1v) is 13.8. The molecule has 0 spiro atoms. The monoisotopic (exact) mass is 588 g/mol. The first-order chi connectivity index (χ1) is 18.9. The molecule has 2 aromatic heterocycles. The zero-order chi connectivity index (χ0) is 29.0. The summed E-state index contributed by atoms with van der Waals surface area (Å²) in [6.45, 7) is 0. The zero-order valence-electron chi connectivity index (χ0n) is 20.4. The van der Waals surface area contributed by atoms with E-state index in [1.165, 1.54) is 38.5 Å². The van der Waals surface area contributed by atoms with Gasteiger partial charge < -0.3 is 9.47 Å². The number of hydrogen-bond donors (Lipinski definition) is 0. The Balaban J connectivity index is 1.57. The quantitative estimate of drug-likeness (QED) is 0.228. The van der Waals surface area contributed by atoms with Crippen molar-refractivity contribution in [2.75, 3.05) is 14.2 Å². The Morgan fingerprint density at radius 2 is 0.775 bits per heavy atom. The summed E-state index contributed by atoms with van der Waals surface area (Å²) in [7, 11) is -6.56. The molecule has 0 bridgehead atoms. The van der Waals surface area contributed by atoms with Crippen LogP contribution in [-0.4, -0.2) is 40.5 Å². The van der Waals surface area contributed by atoms with Crippen LogP contribution in [0.15, 0.2) is 89.6 Å². The van der Waals surface area contributed by atoms with Crippen molar-refractivity contribution in [1.29, 1.82) is 0 Å². The lowest BCUT2D eigenvalue weighted by molar-refractivity contribution is 0.263. The summed E-state index contributed by atoms with van der Waals surface area (Å²) in [6.07, 6.45) is 0. The highest BCUT2D eigenvalue weighted by Gasteiger charge is 2.27. The van der Waals surface area contributed by atoms with Gasteiger partial charge in [0.25, 0.3) is 22.2 Å². The van der Waals surface area contributed by atoms with Crippen LogP contribution in [0.3, 0.4) is 0 Å². The predicted octanol–water partition coefficient (Wildman–Crippen LogP) is -0.435. The number of ether oxygens (including phenoxy) is 2. The highest BCUT2D eigenvalue weighted by molar-refractivity contribution is 7.87.